The van der Waals surface area contributed by atoms with E-state index in [9.17, 15) is 9.59 Å². The maximum absolute atomic E-state index is 12.8. The molecule has 0 saturated heterocycles. The molecular weight excluding hydrogens is 380 g/mol. The lowest BCUT2D eigenvalue weighted by atomic mass is 10.0. The summed E-state index contributed by atoms with van der Waals surface area (Å²) < 4.78 is 5.10. The highest BCUT2D eigenvalue weighted by Gasteiger charge is 2.25. The Hall–Kier alpha value is -3.74. The van der Waals surface area contributed by atoms with E-state index in [0.717, 1.165) is 5.56 Å². The van der Waals surface area contributed by atoms with Crippen molar-refractivity contribution in [2.24, 2.45) is 5.92 Å². The Bertz CT molecular complexity index is 987. The summed E-state index contributed by atoms with van der Waals surface area (Å²) in [5.74, 6) is 0.451. The third-order valence-electron chi connectivity index (χ3n) is 4.54. The molecule has 1 heterocycles. The first-order valence-corrected chi connectivity index (χ1v) is 9.61. The van der Waals surface area contributed by atoms with Crippen LogP contribution in [0.1, 0.15) is 24.2 Å². The number of ether oxygens (including phenoxy) is 1. The van der Waals surface area contributed by atoms with Gasteiger partial charge >= 0.3 is 0 Å². The van der Waals surface area contributed by atoms with Gasteiger partial charge in [-0.05, 0) is 30.2 Å². The van der Waals surface area contributed by atoms with Crippen LogP contribution in [0.4, 0.5) is 5.69 Å². The van der Waals surface area contributed by atoms with Crippen LogP contribution in [0.25, 0.3) is 11.4 Å². The SMILES string of the molecule is COc1ccc(C(=O)NC(C(=O)Nc2cnc(-c3ccccc3)nc2)C(C)C)cc1. The molecule has 0 aliphatic heterocycles. The molecule has 2 aromatic carbocycles. The Labute approximate surface area is 175 Å². The number of rotatable bonds is 7. The molecule has 0 spiro atoms. The number of nitrogens with zero attached hydrogens (tertiary/aromatic N) is 2. The van der Waals surface area contributed by atoms with E-state index in [4.69, 9.17) is 4.74 Å². The minimum Gasteiger partial charge on any atom is -0.497 e. The minimum atomic E-state index is -0.714. The van der Waals surface area contributed by atoms with Gasteiger partial charge in [0.15, 0.2) is 5.82 Å². The van der Waals surface area contributed by atoms with E-state index in [1.54, 1.807) is 43.8 Å². The zero-order chi connectivity index (χ0) is 21.5. The molecule has 7 nitrogen and oxygen atoms in total. The lowest BCUT2D eigenvalue weighted by Gasteiger charge is -2.21. The van der Waals surface area contributed by atoms with Gasteiger partial charge in [-0.2, -0.15) is 0 Å². The fourth-order valence-electron chi connectivity index (χ4n) is 2.85. The molecule has 0 fully saturated rings. The average Bonchev–Trinajstić information content (AvgIpc) is 2.78. The van der Waals surface area contributed by atoms with E-state index in [2.05, 4.69) is 20.6 Å². The quantitative estimate of drug-likeness (QED) is 0.628. The lowest BCUT2D eigenvalue weighted by Crippen LogP contribution is -2.47. The summed E-state index contributed by atoms with van der Waals surface area (Å²) in [6.07, 6.45) is 3.10. The Morgan fingerprint density at radius 1 is 0.933 bits per heavy atom. The number of anilines is 1. The van der Waals surface area contributed by atoms with Crippen LogP contribution < -0.4 is 15.4 Å². The van der Waals surface area contributed by atoms with Gasteiger partial charge in [-0.1, -0.05) is 44.2 Å². The molecule has 30 heavy (non-hydrogen) atoms. The second kappa shape index (κ2) is 9.65. The number of benzene rings is 2. The number of nitrogens with one attached hydrogen (secondary N) is 2. The Morgan fingerprint density at radius 2 is 1.57 bits per heavy atom. The smallest absolute Gasteiger partial charge is 0.251 e. The van der Waals surface area contributed by atoms with Gasteiger partial charge in [0.05, 0.1) is 25.2 Å². The number of aromatic nitrogens is 2. The first-order chi connectivity index (χ1) is 14.5. The molecule has 3 aromatic rings. The van der Waals surface area contributed by atoms with Crippen LogP contribution >= 0.6 is 0 Å². The standard InChI is InChI=1S/C23H24N4O3/c1-15(2)20(27-22(28)17-9-11-19(30-3)12-10-17)23(29)26-18-13-24-21(25-14-18)16-7-5-4-6-8-16/h4-15,20H,1-3H3,(H,26,29)(H,27,28). The maximum atomic E-state index is 12.8. The van der Waals surface area contributed by atoms with Gasteiger partial charge in [-0.15, -0.1) is 0 Å². The molecule has 2 amide bonds. The van der Waals surface area contributed by atoms with Crippen LogP contribution in [0.5, 0.6) is 5.75 Å². The summed E-state index contributed by atoms with van der Waals surface area (Å²) in [7, 11) is 1.56. The van der Waals surface area contributed by atoms with Crippen molar-refractivity contribution in [2.75, 3.05) is 12.4 Å². The number of carbonyl (C=O) groups is 2. The van der Waals surface area contributed by atoms with Crippen molar-refractivity contribution in [1.82, 2.24) is 15.3 Å². The van der Waals surface area contributed by atoms with Crippen LogP contribution in [0.3, 0.4) is 0 Å². The molecule has 0 aliphatic rings. The van der Waals surface area contributed by atoms with Gasteiger partial charge in [0.2, 0.25) is 5.91 Å². The van der Waals surface area contributed by atoms with Gasteiger partial charge in [-0.25, -0.2) is 9.97 Å². The number of carbonyl (C=O) groups excluding carboxylic acids is 2. The van der Waals surface area contributed by atoms with E-state index in [1.807, 2.05) is 44.2 Å². The van der Waals surface area contributed by atoms with Crippen molar-refractivity contribution >= 4 is 17.5 Å². The zero-order valence-corrected chi connectivity index (χ0v) is 17.1. The second-order valence-electron chi connectivity index (χ2n) is 7.07. The summed E-state index contributed by atoms with van der Waals surface area (Å²) in [5, 5.41) is 5.57. The van der Waals surface area contributed by atoms with E-state index in [-0.39, 0.29) is 17.7 Å². The fraction of sp³-hybridized carbons (Fsp3) is 0.217. The molecule has 0 bridgehead atoms. The first kappa shape index (κ1) is 21.0. The summed E-state index contributed by atoms with van der Waals surface area (Å²) in [6, 6.07) is 15.6. The third kappa shape index (κ3) is 5.20. The van der Waals surface area contributed by atoms with Crippen LogP contribution in [-0.2, 0) is 4.79 Å². The molecule has 3 rings (SSSR count). The van der Waals surface area contributed by atoms with Crippen LogP contribution in [0.15, 0.2) is 67.0 Å². The predicted octanol–water partition coefficient (Wildman–Crippen LogP) is 3.55. The Kier molecular flexibility index (Phi) is 6.75. The van der Waals surface area contributed by atoms with Crippen molar-refractivity contribution in [3.63, 3.8) is 0 Å². The van der Waals surface area contributed by atoms with E-state index >= 15 is 0 Å². The summed E-state index contributed by atoms with van der Waals surface area (Å²) in [5.41, 5.74) is 1.80. The first-order valence-electron chi connectivity index (χ1n) is 9.61. The van der Waals surface area contributed by atoms with Crippen molar-refractivity contribution in [2.45, 2.75) is 19.9 Å². The van der Waals surface area contributed by atoms with Gasteiger partial charge in [0.25, 0.3) is 5.91 Å². The predicted molar refractivity (Wildman–Crippen MR) is 115 cm³/mol. The molecule has 154 valence electrons. The molecule has 0 saturated carbocycles. The summed E-state index contributed by atoms with van der Waals surface area (Å²) in [6.45, 7) is 3.74. The molecule has 0 radical (unpaired) electrons. The second-order valence-corrected chi connectivity index (χ2v) is 7.07. The van der Waals surface area contributed by atoms with E-state index in [0.29, 0.717) is 22.8 Å². The summed E-state index contributed by atoms with van der Waals surface area (Å²) >= 11 is 0. The number of methoxy groups -OCH3 is 1. The van der Waals surface area contributed by atoms with Crippen LogP contribution in [0, 0.1) is 5.92 Å². The number of amides is 2. The Balaban J connectivity index is 1.67. The van der Waals surface area contributed by atoms with Gasteiger partial charge < -0.3 is 15.4 Å². The number of hydrogen-bond donors (Lipinski definition) is 2. The average molecular weight is 404 g/mol. The molecule has 0 aliphatic carbocycles. The van der Waals surface area contributed by atoms with Gasteiger partial charge in [0, 0.05) is 11.1 Å². The van der Waals surface area contributed by atoms with Crippen molar-refractivity contribution < 1.29 is 14.3 Å². The highest BCUT2D eigenvalue weighted by molar-refractivity contribution is 6.01. The molecular formula is C23H24N4O3. The van der Waals surface area contributed by atoms with Gasteiger partial charge in [0.1, 0.15) is 11.8 Å². The van der Waals surface area contributed by atoms with Crippen LogP contribution in [0.2, 0.25) is 0 Å². The lowest BCUT2D eigenvalue weighted by molar-refractivity contribution is -0.118. The maximum Gasteiger partial charge on any atom is 0.251 e. The molecule has 2 N–H and O–H groups in total. The van der Waals surface area contributed by atoms with E-state index < -0.39 is 6.04 Å². The molecule has 7 heteroatoms. The fourth-order valence-corrected chi connectivity index (χ4v) is 2.85. The topological polar surface area (TPSA) is 93.2 Å². The monoisotopic (exact) mass is 404 g/mol. The highest BCUT2D eigenvalue weighted by Crippen LogP contribution is 2.16. The summed E-state index contributed by atoms with van der Waals surface area (Å²) in [4.78, 5) is 33.9. The Morgan fingerprint density at radius 3 is 2.13 bits per heavy atom. The largest absolute Gasteiger partial charge is 0.497 e. The normalized spacial score (nSPS) is 11.6. The molecule has 1 atom stereocenters. The number of hydrogen-bond acceptors (Lipinski definition) is 5. The van der Waals surface area contributed by atoms with Crippen molar-refractivity contribution in [3.05, 3.63) is 72.6 Å². The van der Waals surface area contributed by atoms with Crippen molar-refractivity contribution in [1.29, 1.82) is 0 Å². The van der Waals surface area contributed by atoms with Crippen LogP contribution in [-0.4, -0.2) is 34.9 Å². The molecule has 1 unspecified atom stereocenters. The third-order valence-corrected chi connectivity index (χ3v) is 4.54. The highest BCUT2D eigenvalue weighted by atomic mass is 16.5. The van der Waals surface area contributed by atoms with Crippen molar-refractivity contribution in [3.8, 4) is 17.1 Å². The molecule has 1 aromatic heterocycles. The van der Waals surface area contributed by atoms with E-state index in [1.165, 1.54) is 0 Å². The zero-order valence-electron chi connectivity index (χ0n) is 17.1. The minimum absolute atomic E-state index is 0.114. The van der Waals surface area contributed by atoms with Gasteiger partial charge in [-0.3, -0.25) is 9.59 Å².